The maximum Gasteiger partial charge on any atom is 0.225 e. The van der Waals surface area contributed by atoms with Gasteiger partial charge in [-0.1, -0.05) is 0 Å². The van der Waals surface area contributed by atoms with Gasteiger partial charge in [-0.05, 0) is 24.3 Å². The average Bonchev–Trinajstić information content (AvgIpc) is 2.57. The third kappa shape index (κ3) is 3.70. The molecule has 5 heteroatoms. The molecule has 0 radical (unpaired) electrons. The lowest BCUT2D eigenvalue weighted by Crippen LogP contribution is -2.35. The van der Waals surface area contributed by atoms with Crippen molar-refractivity contribution in [2.24, 2.45) is 0 Å². The van der Waals surface area contributed by atoms with E-state index in [-0.39, 0.29) is 11.7 Å². The van der Waals surface area contributed by atoms with Crippen molar-refractivity contribution in [1.82, 2.24) is 4.90 Å². The fraction of sp³-hybridized carbons (Fsp3) is 0.462. The van der Waals surface area contributed by atoms with Crippen molar-refractivity contribution >= 4 is 5.91 Å². The van der Waals surface area contributed by atoms with E-state index < -0.39 is 0 Å². The van der Waals surface area contributed by atoms with Crippen LogP contribution >= 0.6 is 0 Å². The number of nitrogens with zero attached hydrogens (tertiary/aromatic N) is 1. The van der Waals surface area contributed by atoms with Gasteiger partial charge < -0.3 is 14.4 Å². The van der Waals surface area contributed by atoms with E-state index in [1.54, 1.807) is 17.0 Å². The fourth-order valence-electron chi connectivity index (χ4n) is 1.76. The summed E-state index contributed by atoms with van der Waals surface area (Å²) >= 11 is 0. The Kier molecular flexibility index (Phi) is 4.52. The lowest BCUT2D eigenvalue weighted by atomic mass is 10.3. The molecule has 1 amide bonds. The van der Waals surface area contributed by atoms with Gasteiger partial charge in [0.05, 0.1) is 26.2 Å². The van der Waals surface area contributed by atoms with Crippen LogP contribution in [0.4, 0.5) is 4.39 Å². The van der Waals surface area contributed by atoms with Gasteiger partial charge in [-0.25, -0.2) is 4.39 Å². The van der Waals surface area contributed by atoms with Crippen molar-refractivity contribution in [3.8, 4) is 5.75 Å². The van der Waals surface area contributed by atoms with Gasteiger partial charge in [0.2, 0.25) is 5.91 Å². The Morgan fingerprint density at radius 3 is 2.83 bits per heavy atom. The zero-order valence-corrected chi connectivity index (χ0v) is 10.1. The molecule has 0 bridgehead atoms. The monoisotopic (exact) mass is 253 g/mol. The molecular weight excluding hydrogens is 237 g/mol. The van der Waals surface area contributed by atoms with Crippen molar-refractivity contribution in [3.05, 3.63) is 30.1 Å². The first-order valence-corrected chi connectivity index (χ1v) is 5.99. The van der Waals surface area contributed by atoms with E-state index in [2.05, 4.69) is 0 Å². The minimum atomic E-state index is -0.290. The summed E-state index contributed by atoms with van der Waals surface area (Å²) in [7, 11) is 0. The molecule has 1 aromatic carbocycles. The van der Waals surface area contributed by atoms with Crippen LogP contribution in [0, 0.1) is 5.82 Å². The number of carbonyl (C=O) groups excluding carboxylic acids is 1. The number of halogens is 1. The molecule has 1 saturated heterocycles. The standard InChI is InChI=1S/C13H16FNO3/c14-11-1-3-12(4-2-11)18-10-7-15-6-9-17-8-5-13(15)16/h1-4H,5-10H2. The Balaban J connectivity index is 1.77. The lowest BCUT2D eigenvalue weighted by molar-refractivity contribution is -0.130. The second-order valence-corrected chi connectivity index (χ2v) is 4.05. The summed E-state index contributed by atoms with van der Waals surface area (Å²) in [4.78, 5) is 13.4. The fourth-order valence-corrected chi connectivity index (χ4v) is 1.76. The summed E-state index contributed by atoms with van der Waals surface area (Å²) in [6.07, 6.45) is 0.427. The highest BCUT2D eigenvalue weighted by Gasteiger charge is 2.16. The largest absolute Gasteiger partial charge is 0.492 e. The van der Waals surface area contributed by atoms with Gasteiger partial charge in [0.15, 0.2) is 0 Å². The molecular formula is C13H16FNO3. The van der Waals surface area contributed by atoms with Crippen molar-refractivity contribution in [2.75, 3.05) is 32.9 Å². The molecule has 0 aromatic heterocycles. The Bertz CT molecular complexity index is 394. The first-order valence-electron chi connectivity index (χ1n) is 5.99. The third-order valence-electron chi connectivity index (χ3n) is 2.76. The molecule has 0 spiro atoms. The van der Waals surface area contributed by atoms with E-state index in [0.717, 1.165) is 0 Å². The second-order valence-electron chi connectivity index (χ2n) is 4.05. The van der Waals surface area contributed by atoms with Gasteiger partial charge in [-0.3, -0.25) is 4.79 Å². The molecule has 4 nitrogen and oxygen atoms in total. The van der Waals surface area contributed by atoms with E-state index in [0.29, 0.717) is 45.1 Å². The Hall–Kier alpha value is -1.62. The molecule has 1 aromatic rings. The maximum absolute atomic E-state index is 12.7. The third-order valence-corrected chi connectivity index (χ3v) is 2.76. The molecule has 1 heterocycles. The molecule has 0 N–H and O–H groups in total. The van der Waals surface area contributed by atoms with Crippen LogP contribution in [0.3, 0.4) is 0 Å². The highest BCUT2D eigenvalue weighted by atomic mass is 19.1. The molecule has 2 rings (SSSR count). The molecule has 98 valence electrons. The van der Waals surface area contributed by atoms with Crippen molar-refractivity contribution in [1.29, 1.82) is 0 Å². The molecule has 0 unspecified atom stereocenters. The van der Waals surface area contributed by atoms with Crippen LogP contribution in [0.1, 0.15) is 6.42 Å². The van der Waals surface area contributed by atoms with Crippen LogP contribution < -0.4 is 4.74 Å². The highest BCUT2D eigenvalue weighted by molar-refractivity contribution is 5.76. The van der Waals surface area contributed by atoms with E-state index >= 15 is 0 Å². The quantitative estimate of drug-likeness (QED) is 0.815. The van der Waals surface area contributed by atoms with E-state index in [9.17, 15) is 9.18 Å². The molecule has 0 aliphatic carbocycles. The molecule has 18 heavy (non-hydrogen) atoms. The minimum absolute atomic E-state index is 0.0928. The van der Waals surface area contributed by atoms with E-state index in [4.69, 9.17) is 9.47 Å². The molecule has 0 saturated carbocycles. The topological polar surface area (TPSA) is 38.8 Å². The van der Waals surface area contributed by atoms with Crippen LogP contribution in [0.2, 0.25) is 0 Å². The number of carbonyl (C=O) groups is 1. The van der Waals surface area contributed by atoms with Crippen molar-refractivity contribution in [2.45, 2.75) is 6.42 Å². The van der Waals surface area contributed by atoms with Crippen molar-refractivity contribution < 1.29 is 18.7 Å². The Labute approximate surface area is 105 Å². The van der Waals surface area contributed by atoms with Gasteiger partial charge in [0.1, 0.15) is 18.2 Å². The first-order chi connectivity index (χ1) is 8.75. The van der Waals surface area contributed by atoms with Gasteiger partial charge in [-0.2, -0.15) is 0 Å². The van der Waals surface area contributed by atoms with E-state index in [1.165, 1.54) is 12.1 Å². The van der Waals surface area contributed by atoms with Gasteiger partial charge in [0.25, 0.3) is 0 Å². The van der Waals surface area contributed by atoms with Gasteiger partial charge in [-0.15, -0.1) is 0 Å². The predicted molar refractivity (Wildman–Crippen MR) is 63.9 cm³/mol. The highest BCUT2D eigenvalue weighted by Crippen LogP contribution is 2.11. The number of amides is 1. The Morgan fingerprint density at radius 2 is 2.06 bits per heavy atom. The minimum Gasteiger partial charge on any atom is -0.492 e. The van der Waals surface area contributed by atoms with Crippen LogP contribution in [0.25, 0.3) is 0 Å². The summed E-state index contributed by atoms with van der Waals surface area (Å²) in [5.41, 5.74) is 0. The summed E-state index contributed by atoms with van der Waals surface area (Å²) in [5.74, 6) is 0.410. The molecule has 1 aliphatic rings. The molecule has 1 aliphatic heterocycles. The number of rotatable bonds is 4. The van der Waals surface area contributed by atoms with Crippen molar-refractivity contribution in [3.63, 3.8) is 0 Å². The first kappa shape index (κ1) is 12.8. The summed E-state index contributed by atoms with van der Waals surface area (Å²) < 4.78 is 23.4. The summed E-state index contributed by atoms with van der Waals surface area (Å²) in [6, 6.07) is 5.84. The zero-order chi connectivity index (χ0) is 12.8. The van der Waals surface area contributed by atoms with E-state index in [1.807, 2.05) is 0 Å². The average molecular weight is 253 g/mol. The summed E-state index contributed by atoms with van der Waals surface area (Å²) in [5, 5.41) is 0. The predicted octanol–water partition coefficient (Wildman–Crippen LogP) is 1.45. The lowest BCUT2D eigenvalue weighted by Gasteiger charge is -2.19. The van der Waals surface area contributed by atoms with Gasteiger partial charge in [0, 0.05) is 6.54 Å². The smallest absolute Gasteiger partial charge is 0.225 e. The number of hydrogen-bond donors (Lipinski definition) is 0. The van der Waals surface area contributed by atoms with Crippen LogP contribution in [-0.2, 0) is 9.53 Å². The van der Waals surface area contributed by atoms with Crippen LogP contribution in [0.5, 0.6) is 5.75 Å². The second kappa shape index (κ2) is 6.35. The maximum atomic E-state index is 12.7. The molecule has 1 fully saturated rings. The van der Waals surface area contributed by atoms with Crippen LogP contribution in [-0.4, -0.2) is 43.7 Å². The number of ether oxygens (including phenoxy) is 2. The van der Waals surface area contributed by atoms with Gasteiger partial charge >= 0.3 is 0 Å². The van der Waals surface area contributed by atoms with Crippen LogP contribution in [0.15, 0.2) is 24.3 Å². The Morgan fingerprint density at radius 1 is 1.28 bits per heavy atom. The zero-order valence-electron chi connectivity index (χ0n) is 10.1. The normalized spacial score (nSPS) is 16.5. The summed E-state index contributed by atoms with van der Waals surface area (Å²) in [6.45, 7) is 2.60. The number of hydrogen-bond acceptors (Lipinski definition) is 3. The SMILES string of the molecule is O=C1CCOCCN1CCOc1ccc(F)cc1. The molecule has 0 atom stereocenters. The number of benzene rings is 1.